The van der Waals surface area contributed by atoms with Gasteiger partial charge in [-0.25, -0.2) is 0 Å². The van der Waals surface area contributed by atoms with Gasteiger partial charge in [-0.2, -0.15) is 0 Å². The monoisotopic (exact) mass is 324 g/mol. The maximum absolute atomic E-state index is 12.4. The van der Waals surface area contributed by atoms with E-state index in [9.17, 15) is 10.00 Å². The minimum atomic E-state index is -3.68. The molecule has 3 aromatic rings. The molecule has 0 atom stereocenters. The summed E-state index contributed by atoms with van der Waals surface area (Å²) in [5.74, 6) is 0. The average molecular weight is 324 g/mol. The van der Waals surface area contributed by atoms with Crippen LogP contribution in [0.3, 0.4) is 0 Å². The van der Waals surface area contributed by atoms with Crippen LogP contribution in [0.4, 0.5) is 0 Å². The summed E-state index contributed by atoms with van der Waals surface area (Å²) in [7, 11) is 0. The van der Waals surface area contributed by atoms with Crippen molar-refractivity contribution in [1.29, 1.82) is 0 Å². The zero-order valence-corrected chi connectivity index (χ0v) is 13.8. The van der Waals surface area contributed by atoms with Crippen molar-refractivity contribution in [3.05, 3.63) is 91.0 Å². The van der Waals surface area contributed by atoms with Crippen molar-refractivity contribution >= 4 is 22.7 Å². The van der Waals surface area contributed by atoms with Crippen molar-refractivity contribution in [3.63, 3.8) is 0 Å². The molecule has 0 aliphatic heterocycles. The van der Waals surface area contributed by atoms with Crippen LogP contribution in [-0.2, 0) is 0 Å². The van der Waals surface area contributed by atoms with Crippen LogP contribution in [0.1, 0.15) is 0 Å². The molecule has 0 unspecified atom stereocenters. The molecule has 0 bridgehead atoms. The molecule has 0 fully saturated rings. The Balaban J connectivity index is 2.41. The molecule has 0 spiro atoms. The van der Waals surface area contributed by atoms with Gasteiger partial charge in [0, 0.05) is 0 Å². The van der Waals surface area contributed by atoms with Crippen LogP contribution in [-0.4, -0.2) is 22.8 Å². The second-order valence-corrected chi connectivity index (χ2v) is 10.2. The van der Waals surface area contributed by atoms with Crippen LogP contribution < -0.4 is 15.9 Å². The molecule has 3 heteroatoms. The Bertz CT molecular complexity index is 658. The minimum absolute atomic E-state index is 0.0764. The maximum atomic E-state index is 12.4. The van der Waals surface area contributed by atoms with Crippen LogP contribution in [0, 0.1) is 0 Å². The molecule has 0 saturated carbocycles. The van der Waals surface area contributed by atoms with Crippen LogP contribution in [0.2, 0.25) is 0 Å². The Morgan fingerprint density at radius 2 is 0.870 bits per heavy atom. The summed E-state index contributed by atoms with van der Waals surface area (Å²) in [6.45, 7) is -3.76. The predicted molar refractivity (Wildman–Crippen MR) is 99.3 cm³/mol. The average Bonchev–Trinajstić information content (AvgIpc) is 2.64. The fourth-order valence-corrected chi connectivity index (χ4v) is 7.78. The first-order chi connectivity index (χ1) is 11.2. The number of hydrogen-bond acceptors (Lipinski definition) is 2. The molecule has 0 saturated heterocycles. The van der Waals surface area contributed by atoms with Gasteiger partial charge in [0.1, 0.15) is 0 Å². The second-order valence-electron chi connectivity index (χ2n) is 5.71. The molecule has 0 aromatic heterocycles. The van der Waals surface area contributed by atoms with E-state index >= 15 is 0 Å². The summed E-state index contributed by atoms with van der Waals surface area (Å²) in [5, 5.41) is 12.5. The van der Waals surface area contributed by atoms with Crippen molar-refractivity contribution in [3.8, 4) is 0 Å². The fraction of sp³-hybridized carbons (Fsp3) is 0.100. The summed E-state index contributed by atoms with van der Waals surface area (Å²) in [6.07, 6.45) is 0.309. The zero-order chi connectivity index (χ0) is 16.2. The Kier molecular flexibility index (Phi) is 4.32. The molecular formula is C20H21O2P. The van der Waals surface area contributed by atoms with Gasteiger partial charge in [0.15, 0.2) is 0 Å². The van der Waals surface area contributed by atoms with Gasteiger partial charge in [-0.05, 0) is 0 Å². The third-order valence-electron chi connectivity index (χ3n) is 4.47. The van der Waals surface area contributed by atoms with E-state index in [1.165, 1.54) is 0 Å². The van der Waals surface area contributed by atoms with Gasteiger partial charge in [0.2, 0.25) is 0 Å². The Morgan fingerprint density at radius 3 is 1.13 bits per heavy atom. The molecule has 0 aliphatic rings. The number of aliphatic hydroxyl groups excluding tert-OH is 1. The van der Waals surface area contributed by atoms with Crippen LogP contribution in [0.25, 0.3) is 0 Å². The number of benzene rings is 3. The molecule has 0 aliphatic carbocycles. The first kappa shape index (κ1) is 15.9. The molecule has 23 heavy (non-hydrogen) atoms. The van der Waals surface area contributed by atoms with Gasteiger partial charge < -0.3 is 0 Å². The van der Waals surface area contributed by atoms with Crippen LogP contribution >= 0.6 is 6.83 Å². The molecule has 3 aromatic carbocycles. The van der Waals surface area contributed by atoms with E-state index in [-0.39, 0.29) is 6.61 Å². The molecule has 118 valence electrons. The summed E-state index contributed by atoms with van der Waals surface area (Å²) >= 11 is 0. The van der Waals surface area contributed by atoms with Gasteiger partial charge in [-0.1, -0.05) is 0 Å². The molecular weight excluding hydrogens is 303 g/mol. The zero-order valence-electron chi connectivity index (χ0n) is 12.9. The molecule has 0 radical (unpaired) electrons. The van der Waals surface area contributed by atoms with Crippen LogP contribution in [0.5, 0.6) is 0 Å². The van der Waals surface area contributed by atoms with Gasteiger partial charge >= 0.3 is 137 Å². The first-order valence-electron chi connectivity index (χ1n) is 7.74. The summed E-state index contributed by atoms with van der Waals surface area (Å²) in [6, 6.07) is 29.3. The summed E-state index contributed by atoms with van der Waals surface area (Å²) < 4.78 is 0. The van der Waals surface area contributed by atoms with E-state index in [2.05, 4.69) is 0 Å². The molecule has 2 nitrogen and oxygen atoms in total. The predicted octanol–water partition coefficient (Wildman–Crippen LogP) is 2.42. The van der Waals surface area contributed by atoms with E-state index in [1.54, 1.807) is 0 Å². The van der Waals surface area contributed by atoms with Gasteiger partial charge in [-0.15, -0.1) is 0 Å². The van der Waals surface area contributed by atoms with E-state index in [4.69, 9.17) is 0 Å². The first-order valence-corrected chi connectivity index (χ1v) is 10.1. The van der Waals surface area contributed by atoms with Crippen molar-refractivity contribution < 1.29 is 10.00 Å². The standard InChI is InChI=1S/C20H21O2P/c21-16-17-23(22,18-10-4-1-5-11-18,19-12-6-2-7-13-19)20-14-8-3-9-15-20/h1-15,21-22H,16-17H2. The molecule has 3 rings (SSSR count). The summed E-state index contributed by atoms with van der Waals surface area (Å²) in [4.78, 5) is 12.4. The molecule has 0 amide bonds. The third kappa shape index (κ3) is 2.49. The van der Waals surface area contributed by atoms with Crippen LogP contribution in [0.15, 0.2) is 91.0 Å². The SMILES string of the molecule is OCCP(O)(c1ccccc1)(c1ccccc1)c1ccccc1. The van der Waals surface area contributed by atoms with E-state index in [1.807, 2.05) is 91.0 Å². The quantitative estimate of drug-likeness (QED) is 0.708. The van der Waals surface area contributed by atoms with Gasteiger partial charge in [-0.3, -0.25) is 0 Å². The van der Waals surface area contributed by atoms with Crippen molar-refractivity contribution in [2.75, 3.05) is 12.8 Å². The normalized spacial score (nSPS) is 13.2. The Hall–Kier alpha value is -1.99. The Labute approximate surface area is 137 Å². The topological polar surface area (TPSA) is 40.5 Å². The second kappa shape index (κ2) is 6.25. The number of hydrogen-bond donors (Lipinski definition) is 2. The van der Waals surface area contributed by atoms with E-state index in [0.29, 0.717) is 6.16 Å². The number of rotatable bonds is 5. The molecule has 2 N–H and O–H groups in total. The third-order valence-corrected chi connectivity index (χ3v) is 9.78. The van der Waals surface area contributed by atoms with Crippen molar-refractivity contribution in [2.45, 2.75) is 0 Å². The van der Waals surface area contributed by atoms with Crippen molar-refractivity contribution in [1.82, 2.24) is 0 Å². The fourth-order valence-electron chi connectivity index (χ4n) is 3.28. The Morgan fingerprint density at radius 1 is 0.565 bits per heavy atom. The van der Waals surface area contributed by atoms with Gasteiger partial charge in [0.25, 0.3) is 0 Å². The molecule has 0 heterocycles. The van der Waals surface area contributed by atoms with Gasteiger partial charge in [0.05, 0.1) is 0 Å². The van der Waals surface area contributed by atoms with Crippen molar-refractivity contribution in [2.24, 2.45) is 0 Å². The van der Waals surface area contributed by atoms with E-state index < -0.39 is 6.83 Å². The van der Waals surface area contributed by atoms with E-state index in [0.717, 1.165) is 15.9 Å². The number of aliphatic hydroxyl groups is 1. The summed E-state index contributed by atoms with van der Waals surface area (Å²) in [5.41, 5.74) is 0.